The molecule has 0 amide bonds. The molecule has 0 aromatic rings. The number of aliphatic hydroxyl groups excluding tert-OH is 3. The van der Waals surface area contributed by atoms with E-state index >= 15 is 0 Å². The Morgan fingerprint density at radius 3 is 2.07 bits per heavy atom. The van der Waals surface area contributed by atoms with Crippen LogP contribution in [0.25, 0.3) is 0 Å². The SMILES string of the molecule is O=C(O)CCC(=O)CC(O)C(O)CO. The molecule has 0 aromatic carbocycles. The summed E-state index contributed by atoms with van der Waals surface area (Å²) in [5.74, 6) is -1.54. The minimum Gasteiger partial charge on any atom is -0.481 e. The minimum absolute atomic E-state index is 0.176. The third-order valence-electron chi connectivity index (χ3n) is 1.69. The number of hydrogen-bond acceptors (Lipinski definition) is 5. The Hall–Kier alpha value is -0.980. The van der Waals surface area contributed by atoms with E-state index in [1.165, 1.54) is 0 Å². The summed E-state index contributed by atoms with van der Waals surface area (Å²) in [6.07, 6.45) is -3.49. The van der Waals surface area contributed by atoms with E-state index in [2.05, 4.69) is 0 Å². The Labute approximate surface area is 80.8 Å². The van der Waals surface area contributed by atoms with Crippen molar-refractivity contribution in [2.75, 3.05) is 6.61 Å². The molecule has 6 heteroatoms. The third kappa shape index (κ3) is 5.63. The van der Waals surface area contributed by atoms with Crippen LogP contribution in [0.15, 0.2) is 0 Å². The highest BCUT2D eigenvalue weighted by atomic mass is 16.4. The van der Waals surface area contributed by atoms with Gasteiger partial charge in [0.05, 0.1) is 19.1 Å². The Bertz CT molecular complexity index is 202. The summed E-state index contributed by atoms with van der Waals surface area (Å²) in [7, 11) is 0. The van der Waals surface area contributed by atoms with Crippen LogP contribution in [-0.4, -0.2) is 51.0 Å². The maximum Gasteiger partial charge on any atom is 0.303 e. The Morgan fingerprint density at radius 1 is 1.07 bits per heavy atom. The summed E-state index contributed by atoms with van der Waals surface area (Å²) in [5.41, 5.74) is 0. The van der Waals surface area contributed by atoms with Crippen LogP contribution in [0, 0.1) is 0 Å². The van der Waals surface area contributed by atoms with E-state index in [1.807, 2.05) is 0 Å². The first-order valence-corrected chi connectivity index (χ1v) is 4.17. The van der Waals surface area contributed by atoms with Gasteiger partial charge in [0.15, 0.2) is 0 Å². The van der Waals surface area contributed by atoms with E-state index in [0.29, 0.717) is 0 Å². The minimum atomic E-state index is -1.36. The molecule has 0 saturated carbocycles. The molecule has 0 saturated heterocycles. The smallest absolute Gasteiger partial charge is 0.303 e. The molecule has 4 N–H and O–H groups in total. The zero-order chi connectivity index (χ0) is 11.1. The Kier molecular flexibility index (Phi) is 6.02. The number of carboxylic acid groups (broad SMARTS) is 1. The van der Waals surface area contributed by atoms with Gasteiger partial charge in [0.1, 0.15) is 11.9 Å². The lowest BCUT2D eigenvalue weighted by molar-refractivity contribution is -0.139. The summed E-state index contributed by atoms with van der Waals surface area (Å²) in [4.78, 5) is 21.0. The molecule has 0 spiro atoms. The predicted molar refractivity (Wildman–Crippen MR) is 45.6 cm³/mol. The number of aliphatic carboxylic acids is 1. The van der Waals surface area contributed by atoms with E-state index in [4.69, 9.17) is 20.4 Å². The predicted octanol–water partition coefficient (Wildman–Crippen LogP) is -1.48. The van der Waals surface area contributed by atoms with Crippen LogP contribution < -0.4 is 0 Å². The van der Waals surface area contributed by atoms with Gasteiger partial charge in [-0.1, -0.05) is 0 Å². The molecule has 0 aliphatic heterocycles. The highest BCUT2D eigenvalue weighted by Gasteiger charge is 2.18. The number of rotatable bonds is 7. The summed E-state index contributed by atoms with van der Waals surface area (Å²) < 4.78 is 0. The third-order valence-corrected chi connectivity index (χ3v) is 1.69. The summed E-state index contributed by atoms with van der Waals surface area (Å²) in [6, 6.07) is 0. The molecular formula is C8H14O6. The quantitative estimate of drug-likeness (QED) is 0.404. The largest absolute Gasteiger partial charge is 0.481 e. The van der Waals surface area contributed by atoms with Gasteiger partial charge in [-0.2, -0.15) is 0 Å². The number of carboxylic acids is 1. The second-order valence-electron chi connectivity index (χ2n) is 2.95. The first-order chi connectivity index (χ1) is 6.47. The summed E-state index contributed by atoms with van der Waals surface area (Å²) >= 11 is 0. The van der Waals surface area contributed by atoms with Crippen LogP contribution in [0.3, 0.4) is 0 Å². The van der Waals surface area contributed by atoms with Gasteiger partial charge in [-0.05, 0) is 0 Å². The molecule has 0 fully saturated rings. The van der Waals surface area contributed by atoms with Crippen LogP contribution >= 0.6 is 0 Å². The Balaban J connectivity index is 3.76. The van der Waals surface area contributed by atoms with Crippen molar-refractivity contribution in [3.8, 4) is 0 Å². The molecule has 0 rings (SSSR count). The van der Waals surface area contributed by atoms with Crippen LogP contribution in [0.1, 0.15) is 19.3 Å². The normalized spacial score (nSPS) is 14.8. The van der Waals surface area contributed by atoms with E-state index in [1.54, 1.807) is 0 Å². The number of carbonyl (C=O) groups excluding carboxylic acids is 1. The number of Topliss-reactive ketones (excluding diaryl/α,β-unsaturated/α-hetero) is 1. The van der Waals surface area contributed by atoms with Crippen molar-refractivity contribution in [3.63, 3.8) is 0 Å². The lowest BCUT2D eigenvalue weighted by Gasteiger charge is -2.13. The van der Waals surface area contributed by atoms with Crippen molar-refractivity contribution in [2.45, 2.75) is 31.5 Å². The molecule has 0 bridgehead atoms. The molecule has 82 valence electrons. The van der Waals surface area contributed by atoms with E-state index < -0.39 is 30.6 Å². The Morgan fingerprint density at radius 2 is 1.64 bits per heavy atom. The standard InChI is InChI=1S/C8H14O6/c9-4-7(12)6(11)3-5(10)1-2-8(13)14/h6-7,9,11-12H,1-4H2,(H,13,14). The first-order valence-electron chi connectivity index (χ1n) is 4.17. The average molecular weight is 206 g/mol. The van der Waals surface area contributed by atoms with Crippen molar-refractivity contribution >= 4 is 11.8 Å². The lowest BCUT2D eigenvalue weighted by atomic mass is 10.1. The molecule has 0 aliphatic carbocycles. The second-order valence-corrected chi connectivity index (χ2v) is 2.95. The fraction of sp³-hybridized carbons (Fsp3) is 0.750. The molecule has 2 unspecified atom stereocenters. The van der Waals surface area contributed by atoms with Crippen LogP contribution in [0.4, 0.5) is 0 Å². The van der Waals surface area contributed by atoms with Crippen LogP contribution in [0.2, 0.25) is 0 Å². The van der Waals surface area contributed by atoms with E-state index in [-0.39, 0.29) is 19.3 Å². The number of hydrogen-bond donors (Lipinski definition) is 4. The van der Waals surface area contributed by atoms with E-state index in [0.717, 1.165) is 0 Å². The van der Waals surface area contributed by atoms with Gasteiger partial charge in [0.25, 0.3) is 0 Å². The topological polar surface area (TPSA) is 115 Å². The fourth-order valence-corrected chi connectivity index (χ4v) is 0.839. The molecule has 0 radical (unpaired) electrons. The molecule has 2 atom stereocenters. The maximum atomic E-state index is 11.0. The van der Waals surface area contributed by atoms with Gasteiger partial charge in [-0.15, -0.1) is 0 Å². The monoisotopic (exact) mass is 206 g/mol. The molecule has 14 heavy (non-hydrogen) atoms. The molecule has 6 nitrogen and oxygen atoms in total. The summed E-state index contributed by atoms with van der Waals surface area (Å²) in [5, 5.41) is 34.6. The molecule has 0 aromatic heterocycles. The summed E-state index contributed by atoms with van der Waals surface area (Å²) in [6.45, 7) is -0.632. The maximum absolute atomic E-state index is 11.0. The van der Waals surface area contributed by atoms with Gasteiger partial charge in [-0.25, -0.2) is 0 Å². The van der Waals surface area contributed by atoms with Crippen LogP contribution in [-0.2, 0) is 9.59 Å². The van der Waals surface area contributed by atoms with Gasteiger partial charge in [0.2, 0.25) is 0 Å². The van der Waals surface area contributed by atoms with Crippen molar-refractivity contribution in [1.29, 1.82) is 0 Å². The van der Waals surface area contributed by atoms with Crippen molar-refractivity contribution in [3.05, 3.63) is 0 Å². The van der Waals surface area contributed by atoms with Gasteiger partial charge < -0.3 is 20.4 Å². The van der Waals surface area contributed by atoms with Gasteiger partial charge in [0, 0.05) is 12.8 Å². The average Bonchev–Trinajstić information content (AvgIpc) is 2.13. The number of ketones is 1. The molecule has 0 aliphatic rings. The molecular weight excluding hydrogens is 192 g/mol. The zero-order valence-electron chi connectivity index (χ0n) is 7.59. The van der Waals surface area contributed by atoms with Gasteiger partial charge >= 0.3 is 5.97 Å². The highest BCUT2D eigenvalue weighted by molar-refractivity contribution is 5.82. The van der Waals surface area contributed by atoms with Crippen molar-refractivity contribution in [2.24, 2.45) is 0 Å². The zero-order valence-corrected chi connectivity index (χ0v) is 7.59. The number of carbonyl (C=O) groups is 2. The first kappa shape index (κ1) is 13.0. The lowest BCUT2D eigenvalue weighted by Crippen LogP contribution is -2.31. The van der Waals surface area contributed by atoms with Gasteiger partial charge in [-0.3, -0.25) is 9.59 Å². The van der Waals surface area contributed by atoms with E-state index in [9.17, 15) is 9.59 Å². The highest BCUT2D eigenvalue weighted by Crippen LogP contribution is 2.03. The number of aliphatic hydroxyl groups is 3. The van der Waals surface area contributed by atoms with Crippen LogP contribution in [0.5, 0.6) is 0 Å². The second kappa shape index (κ2) is 6.47. The molecule has 0 heterocycles. The fourth-order valence-electron chi connectivity index (χ4n) is 0.839. The van der Waals surface area contributed by atoms with Crippen molar-refractivity contribution in [1.82, 2.24) is 0 Å². The van der Waals surface area contributed by atoms with Crippen molar-refractivity contribution < 1.29 is 30.0 Å².